The van der Waals surface area contributed by atoms with E-state index in [4.69, 9.17) is 4.98 Å². The Labute approximate surface area is 237 Å². The molecule has 1 amide bonds. The number of benzene rings is 4. The van der Waals surface area contributed by atoms with Crippen LogP contribution in [-0.4, -0.2) is 25.3 Å². The van der Waals surface area contributed by atoms with Crippen LogP contribution in [0.1, 0.15) is 52.3 Å². The molecule has 0 aliphatic carbocycles. The van der Waals surface area contributed by atoms with Crippen molar-refractivity contribution in [3.63, 3.8) is 0 Å². The molecule has 5 rings (SSSR count). The second-order valence-corrected chi connectivity index (χ2v) is 10.0. The molecule has 8 heteroatoms. The van der Waals surface area contributed by atoms with Gasteiger partial charge in [0.1, 0.15) is 5.82 Å². The van der Waals surface area contributed by atoms with E-state index in [1.54, 1.807) is 21.6 Å². The molecular formula is C33H30N4O4. The summed E-state index contributed by atoms with van der Waals surface area (Å²) < 4.78 is 1.62. The average Bonchev–Trinajstić information content (AvgIpc) is 2.99. The fourth-order valence-corrected chi connectivity index (χ4v) is 5.03. The Morgan fingerprint density at radius 3 is 2.27 bits per heavy atom. The molecule has 206 valence electrons. The van der Waals surface area contributed by atoms with Gasteiger partial charge in [-0.1, -0.05) is 55.5 Å². The second kappa shape index (κ2) is 11.6. The molecular weight excluding hydrogens is 516 g/mol. The lowest BCUT2D eigenvalue weighted by atomic mass is 10.0. The van der Waals surface area contributed by atoms with Gasteiger partial charge >= 0.3 is 0 Å². The molecule has 1 unspecified atom stereocenters. The maximum atomic E-state index is 14.1. The molecule has 0 N–H and O–H groups in total. The Kier molecular flexibility index (Phi) is 7.74. The van der Waals surface area contributed by atoms with Gasteiger partial charge in [-0.3, -0.25) is 24.3 Å². The number of hydrogen-bond donors (Lipinski definition) is 0. The first kappa shape index (κ1) is 27.5. The van der Waals surface area contributed by atoms with Gasteiger partial charge in [0.05, 0.1) is 27.6 Å². The summed E-state index contributed by atoms with van der Waals surface area (Å²) in [4.78, 5) is 45.6. The first-order chi connectivity index (χ1) is 19.8. The number of amides is 1. The number of nitrogens with zero attached hydrogens (tertiary/aromatic N) is 4. The van der Waals surface area contributed by atoms with Crippen molar-refractivity contribution in [2.75, 3.05) is 0 Å². The fourth-order valence-electron chi connectivity index (χ4n) is 5.03. The number of aromatic nitrogens is 2. The van der Waals surface area contributed by atoms with Crippen LogP contribution in [0.4, 0.5) is 5.69 Å². The van der Waals surface area contributed by atoms with E-state index in [-0.39, 0.29) is 23.7 Å². The highest BCUT2D eigenvalue weighted by Gasteiger charge is 2.30. The van der Waals surface area contributed by atoms with Crippen molar-refractivity contribution in [3.8, 4) is 5.69 Å². The monoisotopic (exact) mass is 546 g/mol. The smallest absolute Gasteiger partial charge is 0.269 e. The standard InChI is InChI=1S/C33H30N4O4/c1-4-30(35(21-24-10-6-5-7-11-24)32(38)25-15-18-26(19-16-25)37(40)41)31-34-29-13-9-8-12-28(29)33(39)36(31)27-17-14-22(2)23(3)20-27/h5-20,30H,4,21H2,1-3H3. The summed E-state index contributed by atoms with van der Waals surface area (Å²) in [6, 6.07) is 27.6. The third-order valence-electron chi connectivity index (χ3n) is 7.39. The Balaban J connectivity index is 1.72. The number of aryl methyl sites for hydroxylation is 2. The molecule has 4 aromatic carbocycles. The number of hydrogen-bond acceptors (Lipinski definition) is 5. The Hall–Kier alpha value is -5.11. The van der Waals surface area contributed by atoms with Gasteiger partial charge in [0, 0.05) is 24.2 Å². The first-order valence-electron chi connectivity index (χ1n) is 13.5. The molecule has 0 spiro atoms. The van der Waals surface area contributed by atoms with E-state index in [1.165, 1.54) is 24.3 Å². The second-order valence-electron chi connectivity index (χ2n) is 10.0. The number of para-hydroxylation sites is 1. The number of nitro groups is 1. The summed E-state index contributed by atoms with van der Waals surface area (Å²) in [7, 11) is 0. The van der Waals surface area contributed by atoms with Crippen LogP contribution in [0.5, 0.6) is 0 Å². The molecule has 5 aromatic rings. The summed E-state index contributed by atoms with van der Waals surface area (Å²) in [5.74, 6) is 0.135. The third-order valence-corrected chi connectivity index (χ3v) is 7.39. The van der Waals surface area contributed by atoms with Crippen molar-refractivity contribution >= 4 is 22.5 Å². The quantitative estimate of drug-likeness (QED) is 0.159. The van der Waals surface area contributed by atoms with E-state index in [9.17, 15) is 19.7 Å². The molecule has 41 heavy (non-hydrogen) atoms. The van der Waals surface area contributed by atoms with Crippen LogP contribution < -0.4 is 5.56 Å². The molecule has 0 radical (unpaired) electrons. The highest BCUT2D eigenvalue weighted by atomic mass is 16.6. The average molecular weight is 547 g/mol. The van der Waals surface area contributed by atoms with Gasteiger partial charge in [-0.05, 0) is 73.4 Å². The molecule has 0 aliphatic heterocycles. The van der Waals surface area contributed by atoms with Gasteiger partial charge in [0.25, 0.3) is 17.2 Å². The van der Waals surface area contributed by atoms with Crippen molar-refractivity contribution < 1.29 is 9.72 Å². The lowest BCUT2D eigenvalue weighted by Crippen LogP contribution is -2.38. The van der Waals surface area contributed by atoms with E-state index >= 15 is 0 Å². The molecule has 8 nitrogen and oxygen atoms in total. The van der Waals surface area contributed by atoms with E-state index in [0.29, 0.717) is 34.4 Å². The predicted octanol–water partition coefficient (Wildman–Crippen LogP) is 6.70. The highest BCUT2D eigenvalue weighted by molar-refractivity contribution is 5.94. The van der Waals surface area contributed by atoms with Crippen LogP contribution in [0.2, 0.25) is 0 Å². The summed E-state index contributed by atoms with van der Waals surface area (Å²) >= 11 is 0. The zero-order chi connectivity index (χ0) is 29.1. The molecule has 0 bridgehead atoms. The number of non-ortho nitro benzene ring substituents is 1. The van der Waals surface area contributed by atoms with E-state index < -0.39 is 11.0 Å². The summed E-state index contributed by atoms with van der Waals surface area (Å²) in [5.41, 5.74) is 4.26. The Bertz CT molecular complexity index is 1800. The van der Waals surface area contributed by atoms with Crippen LogP contribution >= 0.6 is 0 Å². The molecule has 0 saturated carbocycles. The van der Waals surface area contributed by atoms with Crippen molar-refractivity contribution in [2.24, 2.45) is 0 Å². The topological polar surface area (TPSA) is 98.3 Å². The number of carbonyl (C=O) groups excluding carboxylic acids is 1. The van der Waals surface area contributed by atoms with Crippen molar-refractivity contribution in [1.82, 2.24) is 14.5 Å². The Morgan fingerprint density at radius 1 is 0.927 bits per heavy atom. The predicted molar refractivity (Wildman–Crippen MR) is 159 cm³/mol. The van der Waals surface area contributed by atoms with Gasteiger partial charge in [-0.2, -0.15) is 0 Å². The van der Waals surface area contributed by atoms with E-state index in [1.807, 2.05) is 81.4 Å². The largest absolute Gasteiger partial charge is 0.324 e. The van der Waals surface area contributed by atoms with Gasteiger partial charge < -0.3 is 4.90 Å². The molecule has 1 heterocycles. The molecule has 0 fully saturated rings. The van der Waals surface area contributed by atoms with Gasteiger partial charge in [0.2, 0.25) is 0 Å². The molecule has 1 atom stereocenters. The number of nitro benzene ring substituents is 1. The number of carbonyl (C=O) groups is 1. The maximum absolute atomic E-state index is 14.1. The molecule has 1 aromatic heterocycles. The van der Waals surface area contributed by atoms with E-state index in [2.05, 4.69) is 0 Å². The van der Waals surface area contributed by atoms with Crippen molar-refractivity contribution in [2.45, 2.75) is 39.8 Å². The Morgan fingerprint density at radius 2 is 1.61 bits per heavy atom. The maximum Gasteiger partial charge on any atom is 0.269 e. The lowest BCUT2D eigenvalue weighted by molar-refractivity contribution is -0.384. The minimum absolute atomic E-state index is 0.0945. The van der Waals surface area contributed by atoms with Crippen molar-refractivity contribution in [3.05, 3.63) is 146 Å². The molecule has 0 aliphatic rings. The van der Waals surface area contributed by atoms with Gasteiger partial charge in [-0.25, -0.2) is 4.98 Å². The van der Waals surface area contributed by atoms with Crippen LogP contribution in [0, 0.1) is 24.0 Å². The van der Waals surface area contributed by atoms with Gasteiger partial charge in [-0.15, -0.1) is 0 Å². The van der Waals surface area contributed by atoms with Crippen LogP contribution in [-0.2, 0) is 6.54 Å². The summed E-state index contributed by atoms with van der Waals surface area (Å²) in [5, 5.41) is 11.7. The zero-order valence-electron chi connectivity index (χ0n) is 23.2. The van der Waals surface area contributed by atoms with Crippen LogP contribution in [0.3, 0.4) is 0 Å². The number of fused-ring (bicyclic) bond motifs is 1. The third kappa shape index (κ3) is 5.49. The van der Waals surface area contributed by atoms with Gasteiger partial charge in [0.15, 0.2) is 0 Å². The normalized spacial score (nSPS) is 11.8. The van der Waals surface area contributed by atoms with Crippen LogP contribution in [0.25, 0.3) is 16.6 Å². The SMILES string of the molecule is CCC(c1nc2ccccc2c(=O)n1-c1ccc(C)c(C)c1)N(Cc1ccccc1)C(=O)c1ccc([N+](=O)[O-])cc1. The van der Waals surface area contributed by atoms with E-state index in [0.717, 1.165) is 16.7 Å². The molecule has 0 saturated heterocycles. The van der Waals surface area contributed by atoms with Crippen molar-refractivity contribution in [1.29, 1.82) is 0 Å². The first-order valence-corrected chi connectivity index (χ1v) is 13.5. The van der Waals surface area contributed by atoms with Crippen LogP contribution in [0.15, 0.2) is 102 Å². The fraction of sp³-hybridized carbons (Fsp3) is 0.182. The number of rotatable bonds is 8. The minimum atomic E-state index is -0.586. The summed E-state index contributed by atoms with van der Waals surface area (Å²) in [6.07, 6.45) is 0.473. The highest BCUT2D eigenvalue weighted by Crippen LogP contribution is 2.30. The lowest BCUT2D eigenvalue weighted by Gasteiger charge is -2.32. The summed E-state index contributed by atoms with van der Waals surface area (Å²) in [6.45, 7) is 6.22. The minimum Gasteiger partial charge on any atom is -0.324 e. The zero-order valence-corrected chi connectivity index (χ0v) is 23.2.